The second-order valence-corrected chi connectivity index (χ2v) is 4.37. The Kier molecular flexibility index (Phi) is 3.32. The van der Waals surface area contributed by atoms with E-state index in [9.17, 15) is 4.79 Å². The number of fused-ring (bicyclic) bond motifs is 2. The average molecular weight is 267 g/mol. The van der Waals surface area contributed by atoms with Crippen LogP contribution in [0.2, 0.25) is 0 Å². The highest BCUT2D eigenvalue weighted by atomic mass is 35.5. The summed E-state index contributed by atoms with van der Waals surface area (Å²) < 4.78 is 5.17. The first-order valence-corrected chi connectivity index (χ1v) is 5.65. The van der Waals surface area contributed by atoms with Gasteiger partial charge < -0.3 is 15.4 Å². The molecule has 1 aromatic rings. The molecule has 0 bridgehead atoms. The highest BCUT2D eigenvalue weighted by Crippen LogP contribution is 2.41. The Bertz CT molecular complexity index is 516. The van der Waals surface area contributed by atoms with Gasteiger partial charge in [0.05, 0.1) is 7.11 Å². The van der Waals surface area contributed by atoms with E-state index in [0.29, 0.717) is 6.54 Å². The first kappa shape index (κ1) is 12.9. The highest BCUT2D eigenvalue weighted by molar-refractivity contribution is 6.08. The van der Waals surface area contributed by atoms with Crippen LogP contribution in [0, 0.1) is 0 Å². The molecule has 1 spiro atoms. The maximum Gasteiger partial charge on any atom is 0.240 e. The van der Waals surface area contributed by atoms with Gasteiger partial charge in [0.2, 0.25) is 5.91 Å². The molecule has 2 aliphatic rings. The molecule has 5 heteroatoms. The zero-order chi connectivity index (χ0) is 11.9. The van der Waals surface area contributed by atoms with Crippen LogP contribution < -0.4 is 15.4 Å². The fourth-order valence-electron chi connectivity index (χ4n) is 2.51. The number of rotatable bonds is 1. The summed E-state index contributed by atoms with van der Waals surface area (Å²) in [6.45, 7) is 1.47. The molecule has 2 N–H and O–H groups in total. The van der Waals surface area contributed by atoms with Crippen molar-refractivity contribution in [3.8, 4) is 5.75 Å². The number of methoxy groups -OCH3 is 1. The van der Waals surface area contributed by atoms with Crippen LogP contribution in [0.4, 0.5) is 5.69 Å². The zero-order valence-electron chi connectivity index (χ0n) is 10.0. The Morgan fingerprint density at radius 2 is 2.22 bits per heavy atom. The Hall–Kier alpha value is -1.52. The lowest BCUT2D eigenvalue weighted by molar-refractivity contribution is -0.119. The molecule has 0 saturated heterocycles. The quantitative estimate of drug-likeness (QED) is 0.757. The number of nitrogens with one attached hydrogen (secondary N) is 2. The van der Waals surface area contributed by atoms with Crippen LogP contribution in [0.1, 0.15) is 5.56 Å². The first-order valence-electron chi connectivity index (χ1n) is 5.65. The molecule has 2 aliphatic heterocycles. The number of amides is 1. The second kappa shape index (κ2) is 4.63. The van der Waals surface area contributed by atoms with E-state index in [0.717, 1.165) is 23.5 Å². The SMILES string of the molecule is COc1ccc2c(c1)NC(=O)[C@]21C=CCNC1.Cl. The lowest BCUT2D eigenvalue weighted by atomic mass is 9.80. The van der Waals surface area contributed by atoms with Gasteiger partial charge in [-0.15, -0.1) is 12.4 Å². The molecule has 3 rings (SSSR count). The summed E-state index contributed by atoms with van der Waals surface area (Å²) in [4.78, 5) is 12.2. The Morgan fingerprint density at radius 3 is 2.89 bits per heavy atom. The number of hydrogen-bond acceptors (Lipinski definition) is 3. The summed E-state index contributed by atoms with van der Waals surface area (Å²) in [5.74, 6) is 0.790. The lowest BCUT2D eigenvalue weighted by Crippen LogP contribution is -2.44. The van der Waals surface area contributed by atoms with E-state index < -0.39 is 5.41 Å². The Balaban J connectivity index is 0.00000120. The number of carbonyl (C=O) groups excluding carboxylic acids is 1. The molecule has 1 amide bonds. The van der Waals surface area contributed by atoms with Crippen LogP contribution in [0.15, 0.2) is 30.4 Å². The summed E-state index contributed by atoms with van der Waals surface area (Å²) >= 11 is 0. The number of benzene rings is 1. The van der Waals surface area contributed by atoms with Crippen LogP contribution in [0.25, 0.3) is 0 Å². The van der Waals surface area contributed by atoms with Gasteiger partial charge in [-0.25, -0.2) is 0 Å². The minimum absolute atomic E-state index is 0. The minimum Gasteiger partial charge on any atom is -0.497 e. The molecule has 4 nitrogen and oxygen atoms in total. The molecule has 96 valence electrons. The van der Waals surface area contributed by atoms with Crippen molar-refractivity contribution in [3.05, 3.63) is 35.9 Å². The topological polar surface area (TPSA) is 50.4 Å². The predicted octanol–water partition coefficient (Wildman–Crippen LogP) is 1.47. The lowest BCUT2D eigenvalue weighted by Gasteiger charge is -2.27. The molecule has 0 unspecified atom stereocenters. The number of halogens is 1. The van der Waals surface area contributed by atoms with Gasteiger partial charge in [-0.05, 0) is 11.6 Å². The van der Waals surface area contributed by atoms with Crippen molar-refractivity contribution in [3.63, 3.8) is 0 Å². The average Bonchev–Trinajstić information content (AvgIpc) is 2.63. The summed E-state index contributed by atoms with van der Waals surface area (Å²) in [6.07, 6.45) is 4.00. The fraction of sp³-hybridized carbons (Fsp3) is 0.308. The third kappa shape index (κ3) is 1.69. The molecule has 18 heavy (non-hydrogen) atoms. The van der Waals surface area contributed by atoms with E-state index in [-0.39, 0.29) is 18.3 Å². The molecule has 0 aliphatic carbocycles. The largest absolute Gasteiger partial charge is 0.497 e. The molecule has 0 saturated carbocycles. The van der Waals surface area contributed by atoms with Gasteiger partial charge in [-0.2, -0.15) is 0 Å². The Morgan fingerprint density at radius 1 is 1.39 bits per heavy atom. The van der Waals surface area contributed by atoms with E-state index in [1.807, 2.05) is 30.4 Å². The van der Waals surface area contributed by atoms with Gasteiger partial charge in [0.1, 0.15) is 11.2 Å². The van der Waals surface area contributed by atoms with E-state index in [4.69, 9.17) is 4.74 Å². The van der Waals surface area contributed by atoms with Gasteiger partial charge >= 0.3 is 0 Å². The third-order valence-corrected chi connectivity index (χ3v) is 3.43. The van der Waals surface area contributed by atoms with Gasteiger partial charge in [-0.1, -0.05) is 18.2 Å². The molecule has 1 atom stereocenters. The molecule has 0 aromatic heterocycles. The van der Waals surface area contributed by atoms with Crippen LogP contribution in [-0.2, 0) is 10.2 Å². The monoisotopic (exact) mass is 266 g/mol. The predicted molar refractivity (Wildman–Crippen MR) is 72.6 cm³/mol. The second-order valence-electron chi connectivity index (χ2n) is 4.37. The molecular formula is C13H15ClN2O2. The Labute approximate surface area is 112 Å². The maximum atomic E-state index is 12.2. The van der Waals surface area contributed by atoms with Gasteiger partial charge in [0.25, 0.3) is 0 Å². The van der Waals surface area contributed by atoms with E-state index in [1.54, 1.807) is 7.11 Å². The van der Waals surface area contributed by atoms with Crippen molar-refractivity contribution < 1.29 is 9.53 Å². The number of carbonyl (C=O) groups is 1. The molecule has 0 fully saturated rings. The number of anilines is 1. The first-order chi connectivity index (χ1) is 8.26. The van der Waals surface area contributed by atoms with Crippen molar-refractivity contribution in [1.82, 2.24) is 5.32 Å². The third-order valence-electron chi connectivity index (χ3n) is 3.43. The van der Waals surface area contributed by atoms with Crippen LogP contribution in [0.5, 0.6) is 5.75 Å². The summed E-state index contributed by atoms with van der Waals surface area (Å²) in [6, 6.07) is 5.72. The molecule has 1 aromatic carbocycles. The van der Waals surface area contributed by atoms with Gasteiger partial charge in [-0.3, -0.25) is 4.79 Å². The van der Waals surface area contributed by atoms with E-state index in [1.165, 1.54) is 0 Å². The zero-order valence-corrected chi connectivity index (χ0v) is 10.8. The number of ether oxygens (including phenoxy) is 1. The standard InChI is InChI=1S/C13H14N2O2.ClH/c1-17-9-3-4-10-11(7-9)15-12(16)13(10)5-2-6-14-8-13;/h2-5,7,14H,6,8H2,1H3,(H,15,16);1H/t13-;/m0./s1. The van der Waals surface area contributed by atoms with Gasteiger partial charge in [0.15, 0.2) is 0 Å². The summed E-state index contributed by atoms with van der Waals surface area (Å²) in [7, 11) is 1.62. The van der Waals surface area contributed by atoms with Crippen molar-refractivity contribution in [2.24, 2.45) is 0 Å². The minimum atomic E-state index is -0.542. The summed E-state index contributed by atoms with van der Waals surface area (Å²) in [5.41, 5.74) is 1.33. The molecular weight excluding hydrogens is 252 g/mol. The van der Waals surface area contributed by atoms with Crippen molar-refractivity contribution in [2.45, 2.75) is 5.41 Å². The van der Waals surface area contributed by atoms with Crippen LogP contribution in [0.3, 0.4) is 0 Å². The van der Waals surface area contributed by atoms with Gasteiger partial charge in [0, 0.05) is 24.8 Å². The highest BCUT2D eigenvalue weighted by Gasteiger charge is 2.45. The van der Waals surface area contributed by atoms with Crippen molar-refractivity contribution in [2.75, 3.05) is 25.5 Å². The molecule has 2 heterocycles. The fourth-order valence-corrected chi connectivity index (χ4v) is 2.51. The van der Waals surface area contributed by atoms with Crippen LogP contribution in [-0.4, -0.2) is 26.1 Å². The molecule has 0 radical (unpaired) electrons. The number of hydrogen-bond donors (Lipinski definition) is 2. The normalized spacial score (nSPS) is 24.4. The van der Waals surface area contributed by atoms with Crippen molar-refractivity contribution in [1.29, 1.82) is 0 Å². The van der Waals surface area contributed by atoms with Crippen molar-refractivity contribution >= 4 is 24.0 Å². The smallest absolute Gasteiger partial charge is 0.240 e. The van der Waals surface area contributed by atoms with Crippen LogP contribution >= 0.6 is 12.4 Å². The maximum absolute atomic E-state index is 12.2. The van der Waals surface area contributed by atoms with E-state index in [2.05, 4.69) is 10.6 Å². The van der Waals surface area contributed by atoms with E-state index >= 15 is 0 Å². The summed E-state index contributed by atoms with van der Waals surface area (Å²) in [5, 5.41) is 6.16.